The van der Waals surface area contributed by atoms with Crippen molar-refractivity contribution in [3.63, 3.8) is 0 Å². The van der Waals surface area contributed by atoms with Crippen LogP contribution in [0.4, 0.5) is 0 Å². The number of fused-ring (bicyclic) bond motifs is 1. The predicted octanol–water partition coefficient (Wildman–Crippen LogP) is 1.57. The molecule has 0 aliphatic carbocycles. The second-order valence-corrected chi connectivity index (χ2v) is 7.28. The lowest BCUT2D eigenvalue weighted by Gasteiger charge is -2.25. The van der Waals surface area contributed by atoms with Crippen molar-refractivity contribution in [1.29, 1.82) is 0 Å². The molecule has 3 rings (SSSR count). The van der Waals surface area contributed by atoms with Gasteiger partial charge < -0.3 is 18.9 Å². The van der Waals surface area contributed by atoms with Gasteiger partial charge in [0.2, 0.25) is 0 Å². The van der Waals surface area contributed by atoms with Crippen LogP contribution in [0.3, 0.4) is 0 Å². The first-order chi connectivity index (χ1) is 12.0. The Bertz CT molecular complexity index is 823. The van der Waals surface area contributed by atoms with Crippen LogP contribution < -0.4 is 5.56 Å². The summed E-state index contributed by atoms with van der Waals surface area (Å²) in [6, 6.07) is 0. The summed E-state index contributed by atoms with van der Waals surface area (Å²) in [4.78, 5) is 32.7. The van der Waals surface area contributed by atoms with Gasteiger partial charge in [-0.25, -0.2) is 4.98 Å². The van der Waals surface area contributed by atoms with Crippen molar-refractivity contribution < 1.29 is 14.3 Å². The number of rotatable bonds is 6. The summed E-state index contributed by atoms with van der Waals surface area (Å²) in [5.41, 5.74) is 0.578. The van der Waals surface area contributed by atoms with Gasteiger partial charge in [0.15, 0.2) is 0 Å². The Morgan fingerprint density at radius 3 is 3.04 bits per heavy atom. The van der Waals surface area contributed by atoms with E-state index in [4.69, 9.17) is 9.47 Å². The van der Waals surface area contributed by atoms with Gasteiger partial charge in [-0.2, -0.15) is 0 Å². The van der Waals surface area contributed by atoms with E-state index in [0.29, 0.717) is 40.4 Å². The largest absolute Gasteiger partial charge is 0.383 e. The number of hydrogen-bond acceptors (Lipinski definition) is 6. The predicted molar refractivity (Wildman–Crippen MR) is 96.4 cm³/mol. The minimum Gasteiger partial charge on any atom is -0.383 e. The van der Waals surface area contributed by atoms with E-state index >= 15 is 0 Å². The molecule has 1 amide bonds. The molecule has 0 spiro atoms. The minimum absolute atomic E-state index is 0.0708. The highest BCUT2D eigenvalue weighted by molar-refractivity contribution is 7.20. The SMILES string of the molecule is COCCN(C[C@@H]1CCCO1)C(=O)c1sc2ncn(C)c(=O)c2c1C. The minimum atomic E-state index is -0.125. The highest BCUT2D eigenvalue weighted by Crippen LogP contribution is 2.28. The molecular formula is C17H23N3O4S. The van der Waals surface area contributed by atoms with Crippen molar-refractivity contribution in [3.05, 3.63) is 27.1 Å². The Balaban J connectivity index is 1.92. The van der Waals surface area contributed by atoms with Gasteiger partial charge in [0, 0.05) is 33.9 Å². The zero-order valence-electron chi connectivity index (χ0n) is 14.8. The van der Waals surface area contributed by atoms with Crippen LogP contribution in [0.1, 0.15) is 28.1 Å². The van der Waals surface area contributed by atoms with Gasteiger partial charge in [-0.15, -0.1) is 11.3 Å². The molecule has 2 aromatic heterocycles. The summed E-state index contributed by atoms with van der Waals surface area (Å²) in [5, 5.41) is 0.530. The van der Waals surface area contributed by atoms with Crippen LogP contribution in [0, 0.1) is 6.92 Å². The Hall–Kier alpha value is -1.77. The standard InChI is InChI=1S/C17H23N3O4S/c1-11-13-15(18-10-19(2)16(13)21)25-14(11)17(22)20(6-8-23-3)9-12-5-4-7-24-12/h10,12H,4-9H2,1-3H3/t12-/m0/s1. The van der Waals surface area contributed by atoms with Crippen LogP contribution in [-0.2, 0) is 16.5 Å². The van der Waals surface area contributed by atoms with E-state index in [1.54, 1.807) is 19.1 Å². The number of nitrogens with zero attached hydrogens (tertiary/aromatic N) is 3. The Morgan fingerprint density at radius 2 is 2.36 bits per heavy atom. The maximum absolute atomic E-state index is 13.1. The summed E-state index contributed by atoms with van der Waals surface area (Å²) in [5.74, 6) is -0.0879. The molecule has 8 heteroatoms. The molecule has 3 heterocycles. The van der Waals surface area contributed by atoms with Crippen LogP contribution in [0.5, 0.6) is 0 Å². The number of aromatic nitrogens is 2. The molecule has 136 valence electrons. The molecule has 1 atom stereocenters. The highest BCUT2D eigenvalue weighted by atomic mass is 32.1. The van der Waals surface area contributed by atoms with Gasteiger partial charge >= 0.3 is 0 Å². The maximum Gasteiger partial charge on any atom is 0.264 e. The third-order valence-electron chi connectivity index (χ3n) is 4.51. The average molecular weight is 365 g/mol. The van der Waals surface area contributed by atoms with E-state index in [-0.39, 0.29) is 17.6 Å². The fraction of sp³-hybridized carbons (Fsp3) is 0.588. The highest BCUT2D eigenvalue weighted by Gasteiger charge is 2.27. The Morgan fingerprint density at radius 1 is 1.56 bits per heavy atom. The van der Waals surface area contributed by atoms with Crippen molar-refractivity contribution in [3.8, 4) is 0 Å². The van der Waals surface area contributed by atoms with Crippen LogP contribution in [0.15, 0.2) is 11.1 Å². The molecule has 2 aromatic rings. The van der Waals surface area contributed by atoms with Gasteiger partial charge in [0.25, 0.3) is 11.5 Å². The topological polar surface area (TPSA) is 73.7 Å². The first-order valence-electron chi connectivity index (χ1n) is 8.37. The number of aryl methyl sites for hydroxylation is 2. The van der Waals surface area contributed by atoms with Gasteiger partial charge in [0.1, 0.15) is 4.83 Å². The summed E-state index contributed by atoms with van der Waals surface area (Å²) >= 11 is 1.28. The monoisotopic (exact) mass is 365 g/mol. The summed E-state index contributed by atoms with van der Waals surface area (Å²) in [6.07, 6.45) is 3.55. The average Bonchev–Trinajstić information content (AvgIpc) is 3.22. The molecule has 25 heavy (non-hydrogen) atoms. The Kier molecular flexibility index (Phi) is 5.51. The molecule has 1 fully saturated rings. The number of thiophene rings is 1. The van der Waals surface area contributed by atoms with Crippen molar-refractivity contribution in [2.24, 2.45) is 7.05 Å². The van der Waals surface area contributed by atoms with E-state index in [1.165, 1.54) is 22.2 Å². The summed E-state index contributed by atoms with van der Waals surface area (Å²) in [6.45, 7) is 4.06. The second kappa shape index (κ2) is 7.63. The zero-order valence-corrected chi connectivity index (χ0v) is 15.6. The number of methoxy groups -OCH3 is 1. The maximum atomic E-state index is 13.1. The van der Waals surface area contributed by atoms with Gasteiger partial charge in [0.05, 0.1) is 29.3 Å². The van der Waals surface area contributed by atoms with Crippen molar-refractivity contribution in [2.45, 2.75) is 25.9 Å². The lowest BCUT2D eigenvalue weighted by Crippen LogP contribution is -2.39. The molecule has 1 aliphatic rings. The van der Waals surface area contributed by atoms with Crippen molar-refractivity contribution >= 4 is 27.5 Å². The molecule has 7 nitrogen and oxygen atoms in total. The van der Waals surface area contributed by atoms with Crippen LogP contribution in [0.2, 0.25) is 0 Å². The van der Waals surface area contributed by atoms with E-state index in [2.05, 4.69) is 4.98 Å². The quantitative estimate of drug-likeness (QED) is 0.777. The number of ether oxygens (including phenoxy) is 2. The lowest BCUT2D eigenvalue weighted by atomic mass is 10.2. The fourth-order valence-electron chi connectivity index (χ4n) is 3.07. The molecule has 0 bridgehead atoms. The van der Waals surface area contributed by atoms with Gasteiger partial charge in [-0.05, 0) is 25.3 Å². The second-order valence-electron chi connectivity index (χ2n) is 6.28. The third kappa shape index (κ3) is 3.61. The smallest absolute Gasteiger partial charge is 0.264 e. The van der Waals surface area contributed by atoms with Crippen LogP contribution >= 0.6 is 11.3 Å². The summed E-state index contributed by atoms with van der Waals surface area (Å²) in [7, 11) is 3.28. The molecule has 1 saturated heterocycles. The van der Waals surface area contributed by atoms with Crippen LogP contribution in [0.25, 0.3) is 10.2 Å². The van der Waals surface area contributed by atoms with Gasteiger partial charge in [-0.3, -0.25) is 9.59 Å². The van der Waals surface area contributed by atoms with Gasteiger partial charge in [-0.1, -0.05) is 0 Å². The van der Waals surface area contributed by atoms with E-state index in [1.807, 2.05) is 6.92 Å². The first kappa shape index (κ1) is 18.0. The van der Waals surface area contributed by atoms with E-state index < -0.39 is 0 Å². The van der Waals surface area contributed by atoms with Crippen LogP contribution in [-0.4, -0.2) is 59.9 Å². The number of amides is 1. The lowest BCUT2D eigenvalue weighted by molar-refractivity contribution is 0.0459. The Labute approximate surface area is 150 Å². The van der Waals surface area contributed by atoms with Crippen molar-refractivity contribution in [1.82, 2.24) is 14.5 Å². The third-order valence-corrected chi connectivity index (χ3v) is 5.69. The first-order valence-corrected chi connectivity index (χ1v) is 9.19. The normalized spacial score (nSPS) is 17.3. The van der Waals surface area contributed by atoms with E-state index in [9.17, 15) is 9.59 Å². The number of carbonyl (C=O) groups excluding carboxylic acids is 1. The molecular weight excluding hydrogens is 342 g/mol. The molecule has 0 radical (unpaired) electrons. The fourth-order valence-corrected chi connectivity index (χ4v) is 4.18. The number of hydrogen-bond donors (Lipinski definition) is 0. The number of carbonyl (C=O) groups is 1. The molecule has 0 N–H and O–H groups in total. The summed E-state index contributed by atoms with van der Waals surface area (Å²) < 4.78 is 12.3. The zero-order chi connectivity index (χ0) is 18.0. The molecule has 0 saturated carbocycles. The van der Waals surface area contributed by atoms with E-state index in [0.717, 1.165) is 19.4 Å². The van der Waals surface area contributed by atoms with Crippen molar-refractivity contribution in [2.75, 3.05) is 33.4 Å². The molecule has 0 aromatic carbocycles. The molecule has 0 unspecified atom stereocenters. The molecule has 1 aliphatic heterocycles.